The zero-order valence-corrected chi connectivity index (χ0v) is 15.6. The molecule has 1 amide bonds. The number of carbonyl (C=O) groups is 1. The number of benzene rings is 2. The van der Waals surface area contributed by atoms with E-state index in [0.29, 0.717) is 17.5 Å². The van der Waals surface area contributed by atoms with Gasteiger partial charge >= 0.3 is 0 Å². The number of methoxy groups -OCH3 is 1. The SMILES string of the molecule is CN=C(NCCc1ccc(OC)cc1Cl)NCC(=O)Nc1ccccc1. The first-order valence-corrected chi connectivity index (χ1v) is 8.62. The zero-order chi connectivity index (χ0) is 18.8. The number of hydrogen-bond acceptors (Lipinski definition) is 3. The van der Waals surface area contributed by atoms with Crippen molar-refractivity contribution in [2.24, 2.45) is 4.99 Å². The van der Waals surface area contributed by atoms with Gasteiger partial charge in [0.15, 0.2) is 5.96 Å². The van der Waals surface area contributed by atoms with E-state index >= 15 is 0 Å². The number of nitrogens with one attached hydrogen (secondary N) is 3. The van der Waals surface area contributed by atoms with Crippen LogP contribution in [0.3, 0.4) is 0 Å². The van der Waals surface area contributed by atoms with Crippen LogP contribution in [0.15, 0.2) is 53.5 Å². The number of guanidine groups is 1. The van der Waals surface area contributed by atoms with Crippen LogP contribution in [0.2, 0.25) is 5.02 Å². The van der Waals surface area contributed by atoms with E-state index in [-0.39, 0.29) is 12.5 Å². The molecule has 0 bridgehead atoms. The first-order chi connectivity index (χ1) is 12.6. The number of ether oxygens (including phenoxy) is 1. The van der Waals surface area contributed by atoms with Crippen molar-refractivity contribution in [3.63, 3.8) is 0 Å². The number of amides is 1. The third kappa shape index (κ3) is 6.29. The van der Waals surface area contributed by atoms with Crippen LogP contribution >= 0.6 is 11.6 Å². The van der Waals surface area contributed by atoms with Gasteiger partial charge in [-0.1, -0.05) is 35.9 Å². The van der Waals surface area contributed by atoms with Crippen LogP contribution in [0.4, 0.5) is 5.69 Å². The van der Waals surface area contributed by atoms with E-state index < -0.39 is 0 Å². The summed E-state index contributed by atoms with van der Waals surface area (Å²) in [7, 11) is 3.27. The van der Waals surface area contributed by atoms with Crippen molar-refractivity contribution in [3.05, 3.63) is 59.1 Å². The summed E-state index contributed by atoms with van der Waals surface area (Å²) in [6.45, 7) is 0.754. The Bertz CT molecular complexity index is 750. The van der Waals surface area contributed by atoms with Gasteiger partial charge in [-0.2, -0.15) is 0 Å². The second-order valence-electron chi connectivity index (χ2n) is 5.47. The summed E-state index contributed by atoms with van der Waals surface area (Å²) in [5.41, 5.74) is 1.77. The number of aliphatic imine (C=N–C) groups is 1. The largest absolute Gasteiger partial charge is 0.497 e. The fourth-order valence-electron chi connectivity index (χ4n) is 2.28. The molecule has 0 saturated heterocycles. The Balaban J connectivity index is 1.75. The molecule has 0 aliphatic heterocycles. The average Bonchev–Trinajstić information content (AvgIpc) is 2.66. The molecule has 0 aromatic heterocycles. The lowest BCUT2D eigenvalue weighted by molar-refractivity contribution is -0.115. The Kier molecular flexibility index (Phi) is 7.76. The van der Waals surface area contributed by atoms with Crippen molar-refractivity contribution in [1.29, 1.82) is 0 Å². The molecule has 0 unspecified atom stereocenters. The number of anilines is 1. The maximum Gasteiger partial charge on any atom is 0.243 e. The highest BCUT2D eigenvalue weighted by molar-refractivity contribution is 6.31. The van der Waals surface area contributed by atoms with Gasteiger partial charge in [-0.15, -0.1) is 0 Å². The standard InChI is InChI=1S/C19H23ClN4O2/c1-21-19(23-13-18(25)24-15-6-4-3-5-7-15)22-11-10-14-8-9-16(26-2)12-17(14)20/h3-9,12H,10-11,13H2,1-2H3,(H,24,25)(H2,21,22,23). The second kappa shape index (κ2) is 10.3. The summed E-state index contributed by atoms with van der Waals surface area (Å²) < 4.78 is 5.14. The predicted octanol–water partition coefficient (Wildman–Crippen LogP) is 2.69. The molecule has 26 heavy (non-hydrogen) atoms. The fourth-order valence-corrected chi connectivity index (χ4v) is 2.55. The molecule has 0 aliphatic rings. The Labute approximate surface area is 158 Å². The first kappa shape index (κ1) is 19.6. The highest BCUT2D eigenvalue weighted by atomic mass is 35.5. The van der Waals surface area contributed by atoms with E-state index in [1.807, 2.05) is 42.5 Å². The smallest absolute Gasteiger partial charge is 0.243 e. The zero-order valence-electron chi connectivity index (χ0n) is 14.9. The topological polar surface area (TPSA) is 74.8 Å². The molecular formula is C19H23ClN4O2. The lowest BCUT2D eigenvalue weighted by Crippen LogP contribution is -2.42. The molecule has 0 fully saturated rings. The molecule has 6 nitrogen and oxygen atoms in total. The van der Waals surface area contributed by atoms with E-state index in [9.17, 15) is 4.79 Å². The Morgan fingerprint density at radius 2 is 1.92 bits per heavy atom. The van der Waals surface area contributed by atoms with Crippen LogP contribution in [0.5, 0.6) is 5.75 Å². The third-order valence-electron chi connectivity index (χ3n) is 3.64. The highest BCUT2D eigenvalue weighted by Crippen LogP contribution is 2.22. The van der Waals surface area contributed by atoms with E-state index in [2.05, 4.69) is 20.9 Å². The van der Waals surface area contributed by atoms with Crippen molar-refractivity contribution in [3.8, 4) is 5.75 Å². The van der Waals surface area contributed by atoms with Gasteiger partial charge in [0.1, 0.15) is 5.75 Å². The molecule has 3 N–H and O–H groups in total. The van der Waals surface area contributed by atoms with Gasteiger partial charge in [-0.25, -0.2) is 0 Å². The summed E-state index contributed by atoms with van der Waals surface area (Å²) in [6.07, 6.45) is 0.722. The first-order valence-electron chi connectivity index (χ1n) is 8.24. The summed E-state index contributed by atoms with van der Waals surface area (Å²) in [5.74, 6) is 1.14. The van der Waals surface area contributed by atoms with Crippen LogP contribution in [0.1, 0.15) is 5.56 Å². The molecule has 0 radical (unpaired) electrons. The fraction of sp³-hybridized carbons (Fsp3) is 0.263. The molecule has 0 atom stereocenters. The van der Waals surface area contributed by atoms with Gasteiger partial charge in [0.2, 0.25) is 5.91 Å². The molecular weight excluding hydrogens is 352 g/mol. The third-order valence-corrected chi connectivity index (χ3v) is 4.00. The minimum atomic E-state index is -0.141. The molecule has 2 rings (SSSR count). The number of halogens is 1. The highest BCUT2D eigenvalue weighted by Gasteiger charge is 2.06. The van der Waals surface area contributed by atoms with Crippen molar-refractivity contribution in [2.75, 3.05) is 32.6 Å². The van der Waals surface area contributed by atoms with Crippen LogP contribution in [-0.4, -0.2) is 39.1 Å². The molecule has 0 spiro atoms. The number of carbonyl (C=O) groups excluding carboxylic acids is 1. The molecule has 2 aromatic rings. The number of nitrogens with zero attached hydrogens (tertiary/aromatic N) is 1. The van der Waals surface area contributed by atoms with Gasteiger partial charge < -0.3 is 20.7 Å². The summed E-state index contributed by atoms with van der Waals surface area (Å²) in [5, 5.41) is 9.62. The average molecular weight is 375 g/mol. The second-order valence-corrected chi connectivity index (χ2v) is 5.88. The van der Waals surface area contributed by atoms with E-state index in [4.69, 9.17) is 16.3 Å². The van der Waals surface area contributed by atoms with E-state index in [1.54, 1.807) is 20.2 Å². The van der Waals surface area contributed by atoms with Crippen molar-refractivity contribution >= 4 is 29.2 Å². The van der Waals surface area contributed by atoms with Crippen LogP contribution in [0.25, 0.3) is 0 Å². The maximum atomic E-state index is 11.9. The summed E-state index contributed by atoms with van der Waals surface area (Å²) in [4.78, 5) is 16.1. The van der Waals surface area contributed by atoms with E-state index in [0.717, 1.165) is 23.4 Å². The quantitative estimate of drug-likeness (QED) is 0.514. The predicted molar refractivity (Wildman–Crippen MR) is 106 cm³/mol. The summed E-state index contributed by atoms with van der Waals surface area (Å²) >= 11 is 6.23. The van der Waals surface area contributed by atoms with Gasteiger partial charge in [0.05, 0.1) is 13.7 Å². The normalized spacial score (nSPS) is 11.0. The van der Waals surface area contributed by atoms with Gasteiger partial charge in [0.25, 0.3) is 0 Å². The molecule has 0 aliphatic carbocycles. The molecule has 0 heterocycles. The van der Waals surface area contributed by atoms with Crippen LogP contribution < -0.4 is 20.7 Å². The lowest BCUT2D eigenvalue weighted by atomic mass is 10.1. The number of rotatable bonds is 7. The summed E-state index contributed by atoms with van der Waals surface area (Å²) in [6, 6.07) is 14.9. The van der Waals surface area contributed by atoms with E-state index in [1.165, 1.54) is 0 Å². The lowest BCUT2D eigenvalue weighted by Gasteiger charge is -2.13. The number of hydrogen-bond donors (Lipinski definition) is 3. The Morgan fingerprint density at radius 3 is 2.58 bits per heavy atom. The van der Waals surface area contributed by atoms with Gasteiger partial charge in [-0.3, -0.25) is 9.79 Å². The minimum Gasteiger partial charge on any atom is -0.497 e. The van der Waals surface area contributed by atoms with Crippen molar-refractivity contribution in [2.45, 2.75) is 6.42 Å². The van der Waals surface area contributed by atoms with Gasteiger partial charge in [0, 0.05) is 24.3 Å². The Morgan fingerprint density at radius 1 is 1.15 bits per heavy atom. The van der Waals surface area contributed by atoms with Crippen molar-refractivity contribution < 1.29 is 9.53 Å². The number of para-hydroxylation sites is 1. The maximum absolute atomic E-state index is 11.9. The van der Waals surface area contributed by atoms with Crippen molar-refractivity contribution in [1.82, 2.24) is 10.6 Å². The molecule has 7 heteroatoms. The van der Waals surface area contributed by atoms with Crippen LogP contribution in [-0.2, 0) is 11.2 Å². The minimum absolute atomic E-state index is 0.123. The van der Waals surface area contributed by atoms with Crippen LogP contribution in [0, 0.1) is 0 Å². The Hall–Kier alpha value is -2.73. The molecule has 138 valence electrons. The van der Waals surface area contributed by atoms with Gasteiger partial charge in [-0.05, 0) is 36.2 Å². The monoisotopic (exact) mass is 374 g/mol. The molecule has 2 aromatic carbocycles. The molecule has 0 saturated carbocycles.